The lowest BCUT2D eigenvalue weighted by molar-refractivity contribution is 0.537. The molecular weight excluding hydrogens is 226 g/mol. The lowest BCUT2D eigenvalue weighted by atomic mass is 10.2. The number of aromatic nitrogens is 4. The Balaban J connectivity index is 1.84. The summed E-state index contributed by atoms with van der Waals surface area (Å²) in [5.74, 6) is 0.858. The minimum Gasteiger partial charge on any atom is -0.366 e. The molecule has 0 aliphatic heterocycles. The molecule has 5 nitrogen and oxygen atoms in total. The molecule has 1 aliphatic carbocycles. The second-order valence-electron chi connectivity index (χ2n) is 4.98. The molecule has 2 heterocycles. The summed E-state index contributed by atoms with van der Waals surface area (Å²) in [5, 5.41) is 16.1. The summed E-state index contributed by atoms with van der Waals surface area (Å²) >= 11 is 0. The molecule has 5 heteroatoms. The van der Waals surface area contributed by atoms with Gasteiger partial charge in [-0.2, -0.15) is 5.10 Å². The maximum Gasteiger partial charge on any atom is 0.148 e. The number of rotatable bonds is 4. The monoisotopic (exact) mass is 243 g/mol. The van der Waals surface area contributed by atoms with Crippen LogP contribution in [0.5, 0.6) is 0 Å². The predicted molar refractivity (Wildman–Crippen MR) is 70.3 cm³/mol. The molecule has 0 atom stereocenters. The number of hydrogen-bond donors (Lipinski definition) is 1. The molecule has 0 bridgehead atoms. The minimum absolute atomic E-state index is 0.320. The van der Waals surface area contributed by atoms with Crippen molar-refractivity contribution in [3.05, 3.63) is 24.4 Å². The summed E-state index contributed by atoms with van der Waals surface area (Å²) in [4.78, 5) is 0. The first-order valence-corrected chi connectivity index (χ1v) is 6.38. The molecule has 2 aromatic heterocycles. The highest BCUT2D eigenvalue weighted by atomic mass is 15.3. The number of hydrogen-bond acceptors (Lipinski definition) is 4. The minimum atomic E-state index is 0.320. The first-order valence-electron chi connectivity index (χ1n) is 6.38. The Bertz CT molecular complexity index is 525. The third-order valence-corrected chi connectivity index (χ3v) is 3.02. The van der Waals surface area contributed by atoms with E-state index in [4.69, 9.17) is 0 Å². The van der Waals surface area contributed by atoms with Gasteiger partial charge in [-0.1, -0.05) is 0 Å². The summed E-state index contributed by atoms with van der Waals surface area (Å²) < 4.78 is 1.96. The zero-order valence-electron chi connectivity index (χ0n) is 10.7. The van der Waals surface area contributed by atoms with Crippen molar-refractivity contribution in [2.75, 3.05) is 5.32 Å². The summed E-state index contributed by atoms with van der Waals surface area (Å²) in [6.07, 6.45) is 4.28. The molecule has 0 aromatic carbocycles. The molecule has 2 aromatic rings. The van der Waals surface area contributed by atoms with E-state index in [2.05, 4.69) is 34.5 Å². The van der Waals surface area contributed by atoms with Crippen LogP contribution in [0.2, 0.25) is 0 Å². The molecule has 1 aliphatic rings. The van der Waals surface area contributed by atoms with Crippen LogP contribution in [-0.4, -0.2) is 26.0 Å². The van der Waals surface area contributed by atoms with Gasteiger partial charge in [0.1, 0.15) is 11.5 Å². The highest BCUT2D eigenvalue weighted by Gasteiger charge is 2.21. The molecule has 3 rings (SSSR count). The Labute approximate surface area is 106 Å². The van der Waals surface area contributed by atoms with Crippen LogP contribution < -0.4 is 5.32 Å². The van der Waals surface area contributed by atoms with Crippen LogP contribution in [-0.2, 0) is 0 Å². The lowest BCUT2D eigenvalue weighted by Gasteiger charge is -2.10. The Morgan fingerprint density at radius 1 is 1.22 bits per heavy atom. The van der Waals surface area contributed by atoms with Crippen LogP contribution in [0.4, 0.5) is 5.82 Å². The molecule has 0 unspecified atom stereocenters. The van der Waals surface area contributed by atoms with Gasteiger partial charge >= 0.3 is 0 Å². The standard InChI is InChI=1S/C13H17N5/c1-9(2)18-12(7-8-14-18)11-5-6-13(17-16-11)15-10-3-4-10/h5-10H,3-4H2,1-2H3,(H,15,17). The summed E-state index contributed by atoms with van der Waals surface area (Å²) in [7, 11) is 0. The van der Waals surface area contributed by atoms with E-state index in [1.165, 1.54) is 12.8 Å². The van der Waals surface area contributed by atoms with Crippen LogP contribution in [0.15, 0.2) is 24.4 Å². The van der Waals surface area contributed by atoms with E-state index in [0.717, 1.165) is 17.2 Å². The van der Waals surface area contributed by atoms with Gasteiger partial charge in [0.25, 0.3) is 0 Å². The van der Waals surface area contributed by atoms with Gasteiger partial charge in [-0.25, -0.2) is 0 Å². The average Bonchev–Trinajstić information content (AvgIpc) is 3.04. The lowest BCUT2D eigenvalue weighted by Crippen LogP contribution is -2.07. The first-order chi connectivity index (χ1) is 8.74. The average molecular weight is 243 g/mol. The van der Waals surface area contributed by atoms with Gasteiger partial charge in [-0.3, -0.25) is 4.68 Å². The van der Waals surface area contributed by atoms with E-state index >= 15 is 0 Å². The molecule has 18 heavy (non-hydrogen) atoms. The Hall–Kier alpha value is -1.91. The van der Waals surface area contributed by atoms with Crippen molar-refractivity contribution in [1.29, 1.82) is 0 Å². The van der Waals surface area contributed by atoms with Crippen LogP contribution in [0, 0.1) is 0 Å². The van der Waals surface area contributed by atoms with E-state index in [-0.39, 0.29) is 0 Å². The zero-order valence-corrected chi connectivity index (χ0v) is 10.7. The normalized spacial score (nSPS) is 15.1. The Morgan fingerprint density at radius 2 is 2.06 bits per heavy atom. The molecule has 94 valence electrons. The van der Waals surface area contributed by atoms with E-state index < -0.39 is 0 Å². The molecule has 0 saturated heterocycles. The van der Waals surface area contributed by atoms with Crippen molar-refractivity contribution in [3.8, 4) is 11.4 Å². The molecule has 0 spiro atoms. The second kappa shape index (κ2) is 4.40. The van der Waals surface area contributed by atoms with Crippen LogP contribution >= 0.6 is 0 Å². The van der Waals surface area contributed by atoms with Gasteiger partial charge < -0.3 is 5.32 Å². The smallest absolute Gasteiger partial charge is 0.148 e. The molecule has 1 N–H and O–H groups in total. The van der Waals surface area contributed by atoms with Gasteiger partial charge in [-0.15, -0.1) is 10.2 Å². The molecular formula is C13H17N5. The second-order valence-corrected chi connectivity index (χ2v) is 4.98. The van der Waals surface area contributed by atoms with Crippen molar-refractivity contribution < 1.29 is 0 Å². The third-order valence-electron chi connectivity index (χ3n) is 3.02. The zero-order chi connectivity index (χ0) is 12.5. The largest absolute Gasteiger partial charge is 0.366 e. The number of anilines is 1. The quantitative estimate of drug-likeness (QED) is 0.896. The van der Waals surface area contributed by atoms with Crippen LogP contribution in [0.1, 0.15) is 32.7 Å². The SMILES string of the molecule is CC(C)n1nccc1-c1ccc(NC2CC2)nn1. The van der Waals surface area contributed by atoms with Crippen LogP contribution in [0.25, 0.3) is 11.4 Å². The fraction of sp³-hybridized carbons (Fsp3) is 0.462. The van der Waals surface area contributed by atoms with Gasteiger partial charge in [0.2, 0.25) is 0 Å². The maximum absolute atomic E-state index is 4.31. The van der Waals surface area contributed by atoms with E-state index in [9.17, 15) is 0 Å². The predicted octanol–water partition coefficient (Wildman–Crippen LogP) is 2.50. The van der Waals surface area contributed by atoms with Crippen LogP contribution in [0.3, 0.4) is 0 Å². The van der Waals surface area contributed by atoms with Gasteiger partial charge in [0.15, 0.2) is 0 Å². The highest BCUT2D eigenvalue weighted by molar-refractivity contribution is 5.55. The van der Waals surface area contributed by atoms with Crippen molar-refractivity contribution in [2.24, 2.45) is 0 Å². The molecule has 1 fully saturated rings. The van der Waals surface area contributed by atoms with Crippen molar-refractivity contribution in [1.82, 2.24) is 20.0 Å². The van der Waals surface area contributed by atoms with Crippen molar-refractivity contribution in [3.63, 3.8) is 0 Å². The fourth-order valence-corrected chi connectivity index (χ4v) is 1.91. The highest BCUT2D eigenvalue weighted by Crippen LogP contribution is 2.24. The van der Waals surface area contributed by atoms with Gasteiger partial charge in [-0.05, 0) is 44.9 Å². The summed E-state index contributed by atoms with van der Waals surface area (Å²) in [6, 6.07) is 6.87. The summed E-state index contributed by atoms with van der Waals surface area (Å²) in [6.45, 7) is 4.21. The van der Waals surface area contributed by atoms with Crippen molar-refractivity contribution >= 4 is 5.82 Å². The Kier molecular flexibility index (Phi) is 2.74. The number of nitrogens with one attached hydrogen (secondary N) is 1. The summed E-state index contributed by atoms with van der Waals surface area (Å²) in [5.41, 5.74) is 1.87. The van der Waals surface area contributed by atoms with Crippen molar-refractivity contribution in [2.45, 2.75) is 38.8 Å². The maximum atomic E-state index is 4.31. The number of nitrogens with zero attached hydrogens (tertiary/aromatic N) is 4. The van der Waals surface area contributed by atoms with E-state index in [1.807, 2.05) is 22.9 Å². The van der Waals surface area contributed by atoms with Gasteiger partial charge in [0, 0.05) is 18.3 Å². The fourth-order valence-electron chi connectivity index (χ4n) is 1.91. The van der Waals surface area contributed by atoms with E-state index in [0.29, 0.717) is 12.1 Å². The molecule has 0 amide bonds. The third kappa shape index (κ3) is 2.20. The van der Waals surface area contributed by atoms with E-state index in [1.54, 1.807) is 6.20 Å². The Morgan fingerprint density at radius 3 is 2.67 bits per heavy atom. The first kappa shape index (κ1) is 11.2. The molecule has 0 radical (unpaired) electrons. The topological polar surface area (TPSA) is 55.6 Å². The molecule has 1 saturated carbocycles. The van der Waals surface area contributed by atoms with Gasteiger partial charge in [0.05, 0.1) is 5.69 Å².